The fourth-order valence-electron chi connectivity index (χ4n) is 2.43. The predicted molar refractivity (Wildman–Crippen MR) is 109 cm³/mol. The molecule has 0 fully saturated rings. The standard InChI is InChI=1S/C22H26N2O3/c1-4-27-20-13-7-18(8-14-20)9-15-21(25)23-19-11-5-17(6-12-19)10-16-22(26)24(2)3/h5-9,11-15H,4,10,16H2,1-3H3,(H,23,25)/b15-9+. The lowest BCUT2D eigenvalue weighted by atomic mass is 10.1. The first-order valence-electron chi connectivity index (χ1n) is 8.99. The van der Waals surface area contributed by atoms with E-state index in [4.69, 9.17) is 4.74 Å². The van der Waals surface area contributed by atoms with Crippen molar-refractivity contribution in [2.24, 2.45) is 0 Å². The summed E-state index contributed by atoms with van der Waals surface area (Å²) in [4.78, 5) is 25.3. The van der Waals surface area contributed by atoms with Crippen LogP contribution in [0.2, 0.25) is 0 Å². The molecule has 0 saturated carbocycles. The van der Waals surface area contributed by atoms with E-state index in [1.807, 2.05) is 55.5 Å². The van der Waals surface area contributed by atoms with Crippen LogP contribution in [-0.4, -0.2) is 37.4 Å². The van der Waals surface area contributed by atoms with Crippen molar-refractivity contribution in [1.29, 1.82) is 0 Å². The first-order valence-corrected chi connectivity index (χ1v) is 8.99. The lowest BCUT2D eigenvalue weighted by Crippen LogP contribution is -2.21. The Bertz CT molecular complexity index is 778. The molecule has 2 aromatic carbocycles. The van der Waals surface area contributed by atoms with Gasteiger partial charge in [0.1, 0.15) is 5.75 Å². The third-order valence-corrected chi connectivity index (χ3v) is 3.97. The number of anilines is 1. The highest BCUT2D eigenvalue weighted by atomic mass is 16.5. The number of carbonyl (C=O) groups excluding carboxylic acids is 2. The molecule has 0 unspecified atom stereocenters. The van der Waals surface area contributed by atoms with Crippen molar-refractivity contribution < 1.29 is 14.3 Å². The van der Waals surface area contributed by atoms with Gasteiger partial charge in [0.2, 0.25) is 11.8 Å². The fourth-order valence-corrected chi connectivity index (χ4v) is 2.43. The maximum Gasteiger partial charge on any atom is 0.248 e. The number of aryl methyl sites for hydroxylation is 1. The highest BCUT2D eigenvalue weighted by molar-refractivity contribution is 6.01. The van der Waals surface area contributed by atoms with Crippen LogP contribution >= 0.6 is 0 Å². The van der Waals surface area contributed by atoms with Gasteiger partial charge >= 0.3 is 0 Å². The molecule has 142 valence electrons. The Morgan fingerprint density at radius 1 is 1.04 bits per heavy atom. The molecule has 2 amide bonds. The lowest BCUT2D eigenvalue weighted by Gasteiger charge is -2.10. The van der Waals surface area contributed by atoms with Crippen LogP contribution in [0.4, 0.5) is 5.69 Å². The van der Waals surface area contributed by atoms with Gasteiger partial charge in [-0.3, -0.25) is 9.59 Å². The molecule has 0 atom stereocenters. The van der Waals surface area contributed by atoms with Crippen molar-refractivity contribution in [3.63, 3.8) is 0 Å². The maximum atomic E-state index is 12.1. The summed E-state index contributed by atoms with van der Waals surface area (Å²) in [6.07, 6.45) is 4.41. The normalized spacial score (nSPS) is 10.6. The number of benzene rings is 2. The molecule has 2 rings (SSSR count). The average molecular weight is 366 g/mol. The summed E-state index contributed by atoms with van der Waals surface area (Å²) in [5.74, 6) is 0.720. The molecule has 0 radical (unpaired) electrons. The lowest BCUT2D eigenvalue weighted by molar-refractivity contribution is -0.128. The monoisotopic (exact) mass is 366 g/mol. The van der Waals surface area contributed by atoms with Gasteiger partial charge in [-0.05, 0) is 54.8 Å². The fraction of sp³-hybridized carbons (Fsp3) is 0.273. The molecule has 5 heteroatoms. The van der Waals surface area contributed by atoms with E-state index in [1.54, 1.807) is 25.1 Å². The summed E-state index contributed by atoms with van der Waals surface area (Å²) in [6.45, 7) is 2.57. The van der Waals surface area contributed by atoms with E-state index < -0.39 is 0 Å². The minimum atomic E-state index is -0.195. The van der Waals surface area contributed by atoms with Crippen molar-refractivity contribution in [2.45, 2.75) is 19.8 Å². The minimum Gasteiger partial charge on any atom is -0.494 e. The van der Waals surface area contributed by atoms with E-state index in [2.05, 4.69) is 5.32 Å². The molecule has 0 spiro atoms. The van der Waals surface area contributed by atoms with Crippen LogP contribution in [-0.2, 0) is 16.0 Å². The van der Waals surface area contributed by atoms with Crippen molar-refractivity contribution in [2.75, 3.05) is 26.0 Å². The van der Waals surface area contributed by atoms with Crippen LogP contribution in [0.25, 0.3) is 6.08 Å². The Morgan fingerprint density at radius 2 is 1.70 bits per heavy atom. The van der Waals surface area contributed by atoms with Gasteiger partial charge in [-0.2, -0.15) is 0 Å². The second-order valence-electron chi connectivity index (χ2n) is 6.31. The second-order valence-corrected chi connectivity index (χ2v) is 6.31. The van der Waals surface area contributed by atoms with Gasteiger partial charge in [0.15, 0.2) is 0 Å². The third-order valence-electron chi connectivity index (χ3n) is 3.97. The van der Waals surface area contributed by atoms with Crippen LogP contribution in [0, 0.1) is 0 Å². The Morgan fingerprint density at radius 3 is 2.30 bits per heavy atom. The second kappa shape index (κ2) is 10.2. The van der Waals surface area contributed by atoms with Gasteiger partial charge in [-0.1, -0.05) is 24.3 Å². The predicted octanol–water partition coefficient (Wildman–Crippen LogP) is 3.76. The SMILES string of the molecule is CCOc1ccc(/C=C/C(=O)Nc2ccc(CCC(=O)N(C)C)cc2)cc1. The molecule has 1 N–H and O–H groups in total. The number of rotatable bonds is 8. The van der Waals surface area contributed by atoms with Gasteiger partial charge < -0.3 is 15.0 Å². The summed E-state index contributed by atoms with van der Waals surface area (Å²) in [6, 6.07) is 15.1. The largest absolute Gasteiger partial charge is 0.494 e. The van der Waals surface area contributed by atoms with Gasteiger partial charge in [0.25, 0.3) is 0 Å². The molecule has 5 nitrogen and oxygen atoms in total. The molecule has 0 aromatic heterocycles. The average Bonchev–Trinajstić information content (AvgIpc) is 2.67. The number of ether oxygens (including phenoxy) is 1. The van der Waals surface area contributed by atoms with Gasteiger partial charge in [-0.15, -0.1) is 0 Å². The summed E-state index contributed by atoms with van der Waals surface area (Å²) in [5, 5.41) is 2.83. The number of hydrogen-bond acceptors (Lipinski definition) is 3. The quantitative estimate of drug-likeness (QED) is 0.724. The molecule has 0 aliphatic carbocycles. The molecule has 2 aromatic rings. The van der Waals surface area contributed by atoms with Crippen LogP contribution in [0.1, 0.15) is 24.5 Å². The molecule has 0 aliphatic rings. The van der Waals surface area contributed by atoms with Gasteiger partial charge in [-0.25, -0.2) is 0 Å². The zero-order chi connectivity index (χ0) is 19.6. The number of amides is 2. The van der Waals surface area contributed by atoms with Crippen LogP contribution in [0.5, 0.6) is 5.75 Å². The van der Waals surface area contributed by atoms with Crippen LogP contribution in [0.3, 0.4) is 0 Å². The van der Waals surface area contributed by atoms with E-state index in [0.717, 1.165) is 22.6 Å². The third kappa shape index (κ3) is 6.98. The molecule has 0 saturated heterocycles. The molecule has 0 aliphatic heterocycles. The van der Waals surface area contributed by atoms with Crippen molar-refractivity contribution in [1.82, 2.24) is 4.90 Å². The van der Waals surface area contributed by atoms with Crippen molar-refractivity contribution in [3.05, 3.63) is 65.7 Å². The Labute approximate surface area is 160 Å². The number of carbonyl (C=O) groups is 2. The van der Waals surface area contributed by atoms with Gasteiger partial charge in [0.05, 0.1) is 6.61 Å². The van der Waals surface area contributed by atoms with Crippen LogP contribution in [0.15, 0.2) is 54.6 Å². The number of hydrogen-bond donors (Lipinski definition) is 1. The number of nitrogens with zero attached hydrogens (tertiary/aromatic N) is 1. The zero-order valence-electron chi connectivity index (χ0n) is 16.1. The molecular weight excluding hydrogens is 340 g/mol. The van der Waals surface area contributed by atoms with Gasteiger partial charge in [0, 0.05) is 32.3 Å². The molecule has 0 heterocycles. The smallest absolute Gasteiger partial charge is 0.248 e. The first kappa shape index (κ1) is 20.2. The molecule has 27 heavy (non-hydrogen) atoms. The maximum absolute atomic E-state index is 12.1. The van der Waals surface area contributed by atoms with Crippen LogP contribution < -0.4 is 10.1 Å². The Kier molecular flexibility index (Phi) is 7.62. The zero-order valence-corrected chi connectivity index (χ0v) is 16.1. The Hall–Kier alpha value is -3.08. The topological polar surface area (TPSA) is 58.6 Å². The van der Waals surface area contributed by atoms with Crippen molar-refractivity contribution >= 4 is 23.6 Å². The highest BCUT2D eigenvalue weighted by Crippen LogP contribution is 2.14. The van der Waals surface area contributed by atoms with E-state index >= 15 is 0 Å². The minimum absolute atomic E-state index is 0.104. The van der Waals surface area contributed by atoms with E-state index in [1.165, 1.54) is 6.08 Å². The highest BCUT2D eigenvalue weighted by Gasteiger charge is 2.05. The van der Waals surface area contributed by atoms with Crippen molar-refractivity contribution in [3.8, 4) is 5.75 Å². The molecule has 0 bridgehead atoms. The summed E-state index contributed by atoms with van der Waals surface area (Å²) in [5.41, 5.74) is 2.71. The molecular formula is C22H26N2O3. The summed E-state index contributed by atoms with van der Waals surface area (Å²) >= 11 is 0. The first-order chi connectivity index (χ1) is 13.0. The van der Waals surface area contributed by atoms with E-state index in [-0.39, 0.29) is 11.8 Å². The summed E-state index contributed by atoms with van der Waals surface area (Å²) < 4.78 is 5.39. The van der Waals surface area contributed by atoms with E-state index in [9.17, 15) is 9.59 Å². The number of nitrogens with one attached hydrogen (secondary N) is 1. The summed E-state index contributed by atoms with van der Waals surface area (Å²) in [7, 11) is 3.50. The van der Waals surface area contributed by atoms with E-state index in [0.29, 0.717) is 19.4 Å². The Balaban J connectivity index is 1.85.